The predicted molar refractivity (Wildman–Crippen MR) is 73.4 cm³/mol. The molecule has 0 saturated carbocycles. The van der Waals surface area contributed by atoms with Gasteiger partial charge >= 0.3 is 5.97 Å². The van der Waals surface area contributed by atoms with Crippen LogP contribution in [0.25, 0.3) is 0 Å². The molecule has 5 nitrogen and oxygen atoms in total. The number of benzene rings is 1. The van der Waals surface area contributed by atoms with E-state index in [0.717, 1.165) is 12.8 Å². The van der Waals surface area contributed by atoms with Gasteiger partial charge in [0.05, 0.1) is 6.42 Å². The highest BCUT2D eigenvalue weighted by atomic mass is 16.5. The molecule has 19 heavy (non-hydrogen) atoms. The molecule has 0 aromatic heterocycles. The molecular formula is C14H20N2O3. The average molecular weight is 264 g/mol. The van der Waals surface area contributed by atoms with E-state index in [9.17, 15) is 9.59 Å². The molecule has 1 aromatic rings. The van der Waals surface area contributed by atoms with Crippen LogP contribution < -0.4 is 11.1 Å². The number of carbonyl (C=O) groups is 2. The van der Waals surface area contributed by atoms with Crippen molar-refractivity contribution in [2.24, 2.45) is 0 Å². The van der Waals surface area contributed by atoms with Crippen molar-refractivity contribution in [3.05, 3.63) is 29.8 Å². The van der Waals surface area contributed by atoms with Crippen LogP contribution in [0, 0.1) is 0 Å². The van der Waals surface area contributed by atoms with Gasteiger partial charge in [-0.05, 0) is 18.1 Å². The Kier molecular flexibility index (Phi) is 6.43. The van der Waals surface area contributed by atoms with Gasteiger partial charge in [0.2, 0.25) is 0 Å². The fraction of sp³-hybridized carbons (Fsp3) is 0.429. The molecule has 0 bridgehead atoms. The predicted octanol–water partition coefficient (Wildman–Crippen LogP) is 1.27. The van der Waals surface area contributed by atoms with E-state index < -0.39 is 5.97 Å². The van der Waals surface area contributed by atoms with E-state index in [1.54, 1.807) is 24.3 Å². The molecule has 0 aliphatic rings. The molecule has 1 aromatic carbocycles. The number of nitrogens with two attached hydrogens (primary N) is 1. The third kappa shape index (κ3) is 5.90. The lowest BCUT2D eigenvalue weighted by Gasteiger charge is -2.07. The van der Waals surface area contributed by atoms with Crippen molar-refractivity contribution < 1.29 is 14.3 Å². The van der Waals surface area contributed by atoms with E-state index in [1.807, 2.05) is 6.92 Å². The van der Waals surface area contributed by atoms with E-state index >= 15 is 0 Å². The molecule has 0 unspecified atom stereocenters. The lowest BCUT2D eigenvalue weighted by molar-refractivity contribution is -0.147. The number of carbonyl (C=O) groups excluding carboxylic acids is 2. The number of anilines is 1. The van der Waals surface area contributed by atoms with Gasteiger partial charge in [-0.3, -0.25) is 9.59 Å². The fourth-order valence-corrected chi connectivity index (χ4v) is 1.50. The van der Waals surface area contributed by atoms with Crippen molar-refractivity contribution >= 4 is 17.6 Å². The first-order valence-corrected chi connectivity index (χ1v) is 6.39. The van der Waals surface area contributed by atoms with Gasteiger partial charge in [-0.2, -0.15) is 0 Å². The summed E-state index contributed by atoms with van der Waals surface area (Å²) in [5, 5.41) is 2.67. The summed E-state index contributed by atoms with van der Waals surface area (Å²) < 4.78 is 4.89. The van der Waals surface area contributed by atoms with Crippen LogP contribution in [-0.4, -0.2) is 25.0 Å². The molecule has 0 saturated heterocycles. The summed E-state index contributed by atoms with van der Waals surface area (Å²) in [4.78, 5) is 22.9. The Hall–Kier alpha value is -2.04. The number of para-hydroxylation sites is 1. The SMILES string of the molecule is CCCCNC(=O)COC(=O)Cc1ccccc1N. The molecule has 104 valence electrons. The summed E-state index contributed by atoms with van der Waals surface area (Å²) in [6.45, 7) is 2.41. The highest BCUT2D eigenvalue weighted by Gasteiger charge is 2.09. The van der Waals surface area contributed by atoms with Crippen LogP contribution in [0.4, 0.5) is 5.69 Å². The normalized spacial score (nSPS) is 9.95. The summed E-state index contributed by atoms with van der Waals surface area (Å²) >= 11 is 0. The van der Waals surface area contributed by atoms with Gasteiger partial charge in [0.15, 0.2) is 6.61 Å². The van der Waals surface area contributed by atoms with Crippen molar-refractivity contribution in [3.8, 4) is 0 Å². The number of rotatable bonds is 7. The van der Waals surface area contributed by atoms with Gasteiger partial charge in [-0.15, -0.1) is 0 Å². The van der Waals surface area contributed by atoms with Gasteiger partial charge in [0.25, 0.3) is 5.91 Å². The molecule has 0 aliphatic carbocycles. The van der Waals surface area contributed by atoms with Crippen molar-refractivity contribution in [3.63, 3.8) is 0 Å². The van der Waals surface area contributed by atoms with Crippen LogP contribution in [0.15, 0.2) is 24.3 Å². The summed E-state index contributed by atoms with van der Waals surface area (Å²) in [6.07, 6.45) is 2.00. The third-order valence-corrected chi connectivity index (χ3v) is 2.61. The minimum atomic E-state index is -0.455. The summed E-state index contributed by atoms with van der Waals surface area (Å²) in [6, 6.07) is 7.08. The van der Waals surface area contributed by atoms with Gasteiger partial charge in [0, 0.05) is 12.2 Å². The molecule has 0 aliphatic heterocycles. The third-order valence-electron chi connectivity index (χ3n) is 2.61. The Morgan fingerprint density at radius 1 is 1.32 bits per heavy atom. The van der Waals surface area contributed by atoms with E-state index in [-0.39, 0.29) is 18.9 Å². The highest BCUT2D eigenvalue weighted by Crippen LogP contribution is 2.11. The van der Waals surface area contributed by atoms with Gasteiger partial charge in [-0.25, -0.2) is 0 Å². The minimum Gasteiger partial charge on any atom is -0.455 e. The second kappa shape index (κ2) is 8.13. The largest absolute Gasteiger partial charge is 0.455 e. The van der Waals surface area contributed by atoms with E-state index in [4.69, 9.17) is 10.5 Å². The molecule has 0 heterocycles. The van der Waals surface area contributed by atoms with Crippen LogP contribution in [0.2, 0.25) is 0 Å². The first kappa shape index (κ1) is 15.0. The molecule has 0 atom stereocenters. The van der Waals surface area contributed by atoms with Crippen molar-refractivity contribution in [2.45, 2.75) is 26.2 Å². The maximum absolute atomic E-state index is 11.5. The van der Waals surface area contributed by atoms with Crippen LogP contribution in [0.5, 0.6) is 0 Å². The van der Waals surface area contributed by atoms with Crippen LogP contribution in [-0.2, 0) is 20.7 Å². The molecule has 3 N–H and O–H groups in total. The molecule has 1 amide bonds. The number of esters is 1. The van der Waals surface area contributed by atoms with Gasteiger partial charge in [0.1, 0.15) is 0 Å². The maximum atomic E-state index is 11.5. The molecule has 1 rings (SSSR count). The second-order valence-electron chi connectivity index (χ2n) is 4.24. The molecule has 0 radical (unpaired) electrons. The number of nitrogens with one attached hydrogen (secondary N) is 1. The van der Waals surface area contributed by atoms with Crippen LogP contribution in [0.1, 0.15) is 25.3 Å². The molecular weight excluding hydrogens is 244 g/mol. The maximum Gasteiger partial charge on any atom is 0.310 e. The van der Waals surface area contributed by atoms with E-state index in [1.165, 1.54) is 0 Å². The Balaban J connectivity index is 2.28. The fourth-order valence-electron chi connectivity index (χ4n) is 1.50. The van der Waals surface area contributed by atoms with Crippen LogP contribution in [0.3, 0.4) is 0 Å². The monoisotopic (exact) mass is 264 g/mol. The van der Waals surface area contributed by atoms with Crippen molar-refractivity contribution in [2.75, 3.05) is 18.9 Å². The summed E-state index contributed by atoms with van der Waals surface area (Å²) in [5.41, 5.74) is 6.97. The summed E-state index contributed by atoms with van der Waals surface area (Å²) in [5.74, 6) is -0.730. The smallest absolute Gasteiger partial charge is 0.310 e. The number of hydrogen-bond acceptors (Lipinski definition) is 4. The molecule has 5 heteroatoms. The number of hydrogen-bond donors (Lipinski definition) is 2. The van der Waals surface area contributed by atoms with E-state index in [0.29, 0.717) is 17.8 Å². The van der Waals surface area contributed by atoms with Crippen LogP contribution >= 0.6 is 0 Å². The Labute approximate surface area is 113 Å². The quantitative estimate of drug-likeness (QED) is 0.441. The van der Waals surface area contributed by atoms with E-state index in [2.05, 4.69) is 5.32 Å². The number of amides is 1. The van der Waals surface area contributed by atoms with Gasteiger partial charge < -0.3 is 15.8 Å². The van der Waals surface area contributed by atoms with Crippen molar-refractivity contribution in [1.82, 2.24) is 5.32 Å². The zero-order chi connectivity index (χ0) is 14.1. The first-order valence-electron chi connectivity index (χ1n) is 6.39. The average Bonchev–Trinajstić information content (AvgIpc) is 2.39. The Morgan fingerprint density at radius 2 is 2.05 bits per heavy atom. The number of unbranched alkanes of at least 4 members (excludes halogenated alkanes) is 1. The molecule has 0 spiro atoms. The highest BCUT2D eigenvalue weighted by molar-refractivity contribution is 5.81. The topological polar surface area (TPSA) is 81.4 Å². The Morgan fingerprint density at radius 3 is 2.74 bits per heavy atom. The lowest BCUT2D eigenvalue weighted by Crippen LogP contribution is -2.29. The zero-order valence-corrected chi connectivity index (χ0v) is 11.1. The summed E-state index contributed by atoms with van der Waals surface area (Å²) in [7, 11) is 0. The van der Waals surface area contributed by atoms with Crippen molar-refractivity contribution in [1.29, 1.82) is 0 Å². The lowest BCUT2D eigenvalue weighted by atomic mass is 10.1. The first-order chi connectivity index (χ1) is 9.13. The minimum absolute atomic E-state index is 0.0783. The molecule has 0 fully saturated rings. The van der Waals surface area contributed by atoms with Gasteiger partial charge in [-0.1, -0.05) is 31.5 Å². The zero-order valence-electron chi connectivity index (χ0n) is 11.1. The Bertz CT molecular complexity index is 432. The number of nitrogen functional groups attached to an aromatic ring is 1. The standard InChI is InChI=1S/C14H20N2O3/c1-2-3-8-16-13(17)10-19-14(18)9-11-6-4-5-7-12(11)15/h4-7H,2-3,8-10,15H2,1H3,(H,16,17). The second-order valence-corrected chi connectivity index (χ2v) is 4.24. The number of ether oxygens (including phenoxy) is 1.